The van der Waals surface area contributed by atoms with Gasteiger partial charge in [0.2, 0.25) is 0 Å². The Morgan fingerprint density at radius 3 is 2.59 bits per heavy atom. The number of carbonyl (C=O) groups is 1. The van der Waals surface area contributed by atoms with Crippen molar-refractivity contribution in [1.29, 1.82) is 0 Å². The minimum atomic E-state index is -4.52. The van der Waals surface area contributed by atoms with Gasteiger partial charge in [-0.05, 0) is 11.2 Å². The second-order valence-corrected chi connectivity index (χ2v) is 4.76. The van der Waals surface area contributed by atoms with Crippen molar-refractivity contribution in [2.45, 2.75) is 19.1 Å². The zero-order chi connectivity index (χ0) is 16.3. The van der Waals surface area contributed by atoms with Crippen molar-refractivity contribution >= 4 is 17.6 Å². The average molecular weight is 332 g/mol. The average Bonchev–Trinajstić information content (AvgIpc) is 2.44. The Labute approximate surface area is 128 Å². The van der Waals surface area contributed by atoms with Gasteiger partial charge in [-0.25, -0.2) is 0 Å². The van der Waals surface area contributed by atoms with Crippen LogP contribution in [0, 0.1) is 0 Å². The molecule has 0 spiro atoms. The number of aromatic nitrogens is 3. The molecule has 2 rings (SSSR count). The number of rotatable bonds is 4. The first-order chi connectivity index (χ1) is 10.3. The topological polar surface area (TPSA) is 69.8 Å². The summed E-state index contributed by atoms with van der Waals surface area (Å²) >= 11 is 5.83. The number of carboxylic acid groups (broad SMARTS) is 1. The first-order valence-corrected chi connectivity index (χ1v) is 6.44. The van der Waals surface area contributed by atoms with Gasteiger partial charge in [-0.15, -0.1) is 0 Å². The maximum Gasteiger partial charge on any atom is 0.417 e. The number of pyridine rings is 1. The largest absolute Gasteiger partial charge is 0.550 e. The number of aryl methyl sites for hydroxylation is 1. The van der Waals surface area contributed by atoms with Crippen LogP contribution in [0.3, 0.4) is 0 Å². The molecule has 0 radical (unpaired) electrons. The van der Waals surface area contributed by atoms with Crippen LogP contribution in [0.1, 0.15) is 12.0 Å². The summed E-state index contributed by atoms with van der Waals surface area (Å²) in [6.07, 6.45) is -1.20. The van der Waals surface area contributed by atoms with E-state index in [4.69, 9.17) is 11.6 Å². The number of hydrogen-bond acceptors (Lipinski definition) is 4. The van der Waals surface area contributed by atoms with Gasteiger partial charge in [0, 0.05) is 30.2 Å². The van der Waals surface area contributed by atoms with Crippen LogP contribution in [-0.4, -0.2) is 16.1 Å². The number of halogens is 4. The Hall–Kier alpha value is -2.22. The SMILES string of the molecule is O=C([O-])CC[n+]1ccc(-c2ncc(C(F)(F)F)cc2Cl)cn1. The Balaban J connectivity index is 2.23. The molecule has 0 atom stereocenters. The fourth-order valence-electron chi connectivity index (χ4n) is 1.67. The number of nitrogens with zero attached hydrogens (tertiary/aromatic N) is 3. The summed E-state index contributed by atoms with van der Waals surface area (Å²) in [6.45, 7) is 0.122. The van der Waals surface area contributed by atoms with Gasteiger partial charge in [0.25, 0.3) is 0 Å². The molecule has 22 heavy (non-hydrogen) atoms. The highest BCUT2D eigenvalue weighted by Gasteiger charge is 2.31. The summed E-state index contributed by atoms with van der Waals surface area (Å²) in [4.78, 5) is 14.1. The molecule has 2 aromatic heterocycles. The van der Waals surface area contributed by atoms with Crippen LogP contribution in [0.2, 0.25) is 5.02 Å². The van der Waals surface area contributed by atoms with Gasteiger partial charge < -0.3 is 9.90 Å². The molecule has 0 aliphatic carbocycles. The molecule has 116 valence electrons. The summed E-state index contributed by atoms with van der Waals surface area (Å²) < 4.78 is 39.0. The third kappa shape index (κ3) is 3.91. The molecule has 0 saturated carbocycles. The van der Waals surface area contributed by atoms with Crippen LogP contribution < -0.4 is 9.79 Å². The molecular formula is C13H9ClF3N3O2. The monoisotopic (exact) mass is 331 g/mol. The lowest BCUT2D eigenvalue weighted by Gasteiger charge is -2.08. The highest BCUT2D eigenvalue weighted by atomic mass is 35.5. The second-order valence-electron chi connectivity index (χ2n) is 4.35. The summed E-state index contributed by atoms with van der Waals surface area (Å²) in [7, 11) is 0. The molecule has 0 aliphatic heterocycles. The molecule has 2 aromatic rings. The first-order valence-electron chi connectivity index (χ1n) is 6.06. The number of carbonyl (C=O) groups excluding carboxylic acids is 1. The zero-order valence-electron chi connectivity index (χ0n) is 11.0. The zero-order valence-corrected chi connectivity index (χ0v) is 11.7. The van der Waals surface area contributed by atoms with Crippen molar-refractivity contribution in [3.8, 4) is 11.3 Å². The van der Waals surface area contributed by atoms with E-state index in [-0.39, 0.29) is 23.7 Å². The molecule has 0 fully saturated rings. The van der Waals surface area contributed by atoms with E-state index >= 15 is 0 Å². The molecule has 0 bridgehead atoms. The van der Waals surface area contributed by atoms with Crippen molar-refractivity contribution in [2.24, 2.45) is 0 Å². The van der Waals surface area contributed by atoms with Gasteiger partial charge in [0.15, 0.2) is 12.7 Å². The van der Waals surface area contributed by atoms with Gasteiger partial charge in [-0.1, -0.05) is 16.3 Å². The van der Waals surface area contributed by atoms with Gasteiger partial charge >= 0.3 is 6.18 Å². The molecule has 2 heterocycles. The standard InChI is InChI=1S/C13H9ClF3N3O2/c14-10-5-9(13(15,16)17)7-18-12(10)8-1-3-20(19-6-8)4-2-11(21)22/h1,3,5-7H,2,4H2. The number of aliphatic carboxylic acids is 1. The van der Waals surface area contributed by atoms with E-state index < -0.39 is 17.7 Å². The van der Waals surface area contributed by atoms with E-state index in [0.29, 0.717) is 11.8 Å². The molecule has 0 aliphatic rings. The molecule has 0 saturated heterocycles. The Morgan fingerprint density at radius 2 is 2.09 bits per heavy atom. The summed E-state index contributed by atoms with van der Waals surface area (Å²) in [6, 6.07) is 2.32. The third-order valence-corrected chi connectivity index (χ3v) is 3.05. The normalized spacial score (nSPS) is 11.5. The van der Waals surface area contributed by atoms with Crippen molar-refractivity contribution in [3.05, 3.63) is 41.3 Å². The third-order valence-electron chi connectivity index (χ3n) is 2.76. The van der Waals surface area contributed by atoms with Gasteiger partial charge in [0.05, 0.1) is 16.3 Å². The lowest BCUT2D eigenvalue weighted by Crippen LogP contribution is -2.40. The minimum Gasteiger partial charge on any atom is -0.550 e. The van der Waals surface area contributed by atoms with Crippen LogP contribution >= 0.6 is 11.6 Å². The summed E-state index contributed by atoms with van der Waals surface area (Å²) in [5.41, 5.74) is -0.355. The lowest BCUT2D eigenvalue weighted by molar-refractivity contribution is -0.753. The van der Waals surface area contributed by atoms with Crippen LogP contribution in [0.5, 0.6) is 0 Å². The summed E-state index contributed by atoms with van der Waals surface area (Å²) in [5, 5.41) is 14.1. The Kier molecular flexibility index (Phi) is 4.60. The van der Waals surface area contributed by atoms with E-state index in [1.54, 1.807) is 0 Å². The molecular weight excluding hydrogens is 323 g/mol. The molecule has 0 amide bonds. The van der Waals surface area contributed by atoms with Crippen LogP contribution in [0.25, 0.3) is 11.3 Å². The highest BCUT2D eigenvalue weighted by molar-refractivity contribution is 6.33. The lowest BCUT2D eigenvalue weighted by atomic mass is 10.1. The molecule has 0 aromatic carbocycles. The number of alkyl halides is 3. The van der Waals surface area contributed by atoms with Crippen LogP contribution in [0.4, 0.5) is 13.2 Å². The Morgan fingerprint density at radius 1 is 1.36 bits per heavy atom. The van der Waals surface area contributed by atoms with Crippen LogP contribution in [-0.2, 0) is 17.5 Å². The van der Waals surface area contributed by atoms with E-state index in [0.717, 1.165) is 6.07 Å². The van der Waals surface area contributed by atoms with Gasteiger partial charge in [0.1, 0.15) is 6.20 Å². The van der Waals surface area contributed by atoms with E-state index in [1.165, 1.54) is 23.1 Å². The van der Waals surface area contributed by atoms with E-state index in [2.05, 4.69) is 10.1 Å². The molecule has 9 heteroatoms. The van der Waals surface area contributed by atoms with Gasteiger partial charge in [-0.2, -0.15) is 13.2 Å². The van der Waals surface area contributed by atoms with E-state index in [1.807, 2.05) is 0 Å². The van der Waals surface area contributed by atoms with E-state index in [9.17, 15) is 23.1 Å². The predicted octanol–water partition coefficient (Wildman–Crippen LogP) is 1.24. The van der Waals surface area contributed by atoms with Gasteiger partial charge in [-0.3, -0.25) is 4.98 Å². The fraction of sp³-hybridized carbons (Fsp3) is 0.231. The number of hydrogen-bond donors (Lipinski definition) is 0. The number of carboxylic acids is 1. The van der Waals surface area contributed by atoms with Crippen molar-refractivity contribution in [2.75, 3.05) is 0 Å². The van der Waals surface area contributed by atoms with Crippen molar-refractivity contribution < 1.29 is 27.8 Å². The minimum absolute atomic E-state index is 0.122. The maximum absolute atomic E-state index is 12.5. The maximum atomic E-state index is 12.5. The summed E-state index contributed by atoms with van der Waals surface area (Å²) in [5.74, 6) is -1.20. The smallest absolute Gasteiger partial charge is 0.417 e. The first kappa shape index (κ1) is 16.2. The molecule has 0 unspecified atom stereocenters. The van der Waals surface area contributed by atoms with Crippen molar-refractivity contribution in [1.82, 2.24) is 10.1 Å². The molecule has 0 N–H and O–H groups in total. The Bertz CT molecular complexity index is 690. The highest BCUT2D eigenvalue weighted by Crippen LogP contribution is 2.33. The second kappa shape index (κ2) is 6.27. The van der Waals surface area contributed by atoms with Crippen LogP contribution in [0.15, 0.2) is 30.7 Å². The fourth-order valence-corrected chi connectivity index (χ4v) is 1.94. The van der Waals surface area contributed by atoms with Crippen molar-refractivity contribution in [3.63, 3.8) is 0 Å². The molecule has 5 nitrogen and oxygen atoms in total. The quantitative estimate of drug-likeness (QED) is 0.791. The predicted molar refractivity (Wildman–Crippen MR) is 67.3 cm³/mol.